The Kier molecular flexibility index (Phi) is 2.72. The summed E-state index contributed by atoms with van der Waals surface area (Å²) in [7, 11) is -3.90. The molecule has 1 atom stereocenters. The van der Waals surface area contributed by atoms with Crippen LogP contribution in [0, 0.1) is 5.82 Å². The average Bonchev–Trinajstić information content (AvgIpc) is 2.29. The maximum atomic E-state index is 13.1. The van der Waals surface area contributed by atoms with Crippen LogP contribution in [0.3, 0.4) is 0 Å². The summed E-state index contributed by atoms with van der Waals surface area (Å²) in [5.41, 5.74) is 0.301. The van der Waals surface area contributed by atoms with Crippen LogP contribution in [0.25, 0.3) is 0 Å². The van der Waals surface area contributed by atoms with Crippen molar-refractivity contribution in [2.45, 2.75) is 17.4 Å². The van der Waals surface area contributed by atoms with Gasteiger partial charge in [-0.25, -0.2) is 4.39 Å². The second kappa shape index (κ2) is 4.17. The van der Waals surface area contributed by atoms with Crippen LogP contribution in [0.2, 0.25) is 0 Å². The number of anilines is 1. The van der Waals surface area contributed by atoms with Crippen molar-refractivity contribution in [3.05, 3.63) is 24.0 Å². The van der Waals surface area contributed by atoms with Crippen molar-refractivity contribution in [1.82, 2.24) is 4.90 Å². The Labute approximate surface area is 109 Å². The normalized spacial score (nSPS) is 24.0. The van der Waals surface area contributed by atoms with Crippen LogP contribution >= 0.6 is 0 Å². The van der Waals surface area contributed by atoms with Gasteiger partial charge in [-0.15, -0.1) is 4.40 Å². The Morgan fingerprint density at radius 2 is 2.32 bits per heavy atom. The van der Waals surface area contributed by atoms with Crippen LogP contribution in [-0.4, -0.2) is 43.6 Å². The Morgan fingerprint density at radius 3 is 2.95 bits per heavy atom. The summed E-state index contributed by atoms with van der Waals surface area (Å²) >= 11 is 0. The minimum atomic E-state index is -3.90. The Bertz CT molecular complexity index is 657. The predicted octanol–water partition coefficient (Wildman–Crippen LogP) is 0.362. The first-order chi connectivity index (χ1) is 9.01. The number of benzene rings is 1. The molecule has 1 saturated heterocycles. The molecule has 0 radical (unpaired) electrons. The van der Waals surface area contributed by atoms with E-state index in [0.29, 0.717) is 12.2 Å². The molecule has 0 saturated carbocycles. The molecule has 0 bridgehead atoms. The molecule has 1 aromatic carbocycles. The van der Waals surface area contributed by atoms with Crippen LogP contribution in [0.4, 0.5) is 10.1 Å². The number of nitrogens with zero attached hydrogens (tertiary/aromatic N) is 2. The number of hydrogen-bond acceptors (Lipinski definition) is 5. The second-order valence-electron chi connectivity index (χ2n) is 4.47. The van der Waals surface area contributed by atoms with Gasteiger partial charge in [-0.1, -0.05) is 0 Å². The fourth-order valence-electron chi connectivity index (χ4n) is 2.15. The summed E-state index contributed by atoms with van der Waals surface area (Å²) in [5.74, 6) is -0.440. The third-order valence-electron chi connectivity index (χ3n) is 3.30. The van der Waals surface area contributed by atoms with E-state index in [9.17, 15) is 12.8 Å². The van der Waals surface area contributed by atoms with Crippen molar-refractivity contribution in [1.29, 1.82) is 0 Å². The molecule has 2 heterocycles. The highest BCUT2D eigenvalue weighted by Gasteiger charge is 2.35. The smallest absolute Gasteiger partial charge is 0.287 e. The van der Waals surface area contributed by atoms with Crippen molar-refractivity contribution in [3.8, 4) is 0 Å². The number of fused-ring (bicyclic) bond motifs is 1. The summed E-state index contributed by atoms with van der Waals surface area (Å²) < 4.78 is 40.7. The van der Waals surface area contributed by atoms with Gasteiger partial charge in [0.1, 0.15) is 10.7 Å². The zero-order valence-electron chi connectivity index (χ0n) is 9.88. The van der Waals surface area contributed by atoms with E-state index < -0.39 is 15.8 Å². The van der Waals surface area contributed by atoms with Gasteiger partial charge in [0.2, 0.25) is 5.96 Å². The van der Waals surface area contributed by atoms with Gasteiger partial charge in [0.15, 0.2) is 0 Å². The quantitative estimate of drug-likeness (QED) is 0.778. The summed E-state index contributed by atoms with van der Waals surface area (Å²) in [4.78, 5) is 1.52. The van der Waals surface area contributed by atoms with E-state index in [1.54, 1.807) is 4.90 Å². The third kappa shape index (κ3) is 1.96. The number of aliphatic hydroxyl groups is 1. The van der Waals surface area contributed by atoms with Gasteiger partial charge in [-0.2, -0.15) is 8.42 Å². The molecule has 3 rings (SSSR count). The number of nitrogens with one attached hydrogen (secondary N) is 1. The van der Waals surface area contributed by atoms with Gasteiger partial charge >= 0.3 is 0 Å². The van der Waals surface area contributed by atoms with Crippen molar-refractivity contribution >= 4 is 21.7 Å². The molecule has 1 aromatic rings. The number of aliphatic hydroxyl groups excluding tert-OH is 1. The number of hydrogen-bond donors (Lipinski definition) is 2. The Balaban J connectivity index is 2.01. The average molecular weight is 285 g/mol. The molecule has 0 amide bonds. The van der Waals surface area contributed by atoms with Crippen molar-refractivity contribution < 1.29 is 17.9 Å². The first kappa shape index (κ1) is 12.4. The molecule has 0 aromatic heterocycles. The molecule has 0 aliphatic carbocycles. The minimum absolute atomic E-state index is 0.0585. The topological polar surface area (TPSA) is 82.0 Å². The van der Waals surface area contributed by atoms with Crippen LogP contribution in [-0.2, 0) is 10.0 Å². The first-order valence-corrected chi connectivity index (χ1v) is 7.24. The van der Waals surface area contributed by atoms with Gasteiger partial charge in [0.05, 0.1) is 18.3 Å². The number of rotatable bonds is 1. The third-order valence-corrected chi connectivity index (χ3v) is 4.61. The molecule has 2 N–H and O–H groups in total. The van der Waals surface area contributed by atoms with Gasteiger partial charge in [0.25, 0.3) is 10.0 Å². The monoisotopic (exact) mass is 285 g/mol. The maximum Gasteiger partial charge on any atom is 0.287 e. The van der Waals surface area contributed by atoms with Gasteiger partial charge in [-0.3, -0.25) is 0 Å². The Morgan fingerprint density at radius 1 is 1.53 bits per heavy atom. The van der Waals surface area contributed by atoms with Gasteiger partial charge in [0, 0.05) is 6.54 Å². The van der Waals surface area contributed by atoms with E-state index in [2.05, 4.69) is 9.71 Å². The summed E-state index contributed by atoms with van der Waals surface area (Å²) in [6.45, 7) is 0.570. The minimum Gasteiger partial charge on any atom is -0.394 e. The summed E-state index contributed by atoms with van der Waals surface area (Å²) in [6.07, 6.45) is 0.785. The maximum absolute atomic E-state index is 13.1. The fraction of sp³-hybridized carbons (Fsp3) is 0.364. The van der Waals surface area contributed by atoms with E-state index >= 15 is 0 Å². The van der Waals surface area contributed by atoms with Crippen LogP contribution < -0.4 is 5.32 Å². The number of sulfonamides is 1. The largest absolute Gasteiger partial charge is 0.394 e. The van der Waals surface area contributed by atoms with Crippen molar-refractivity contribution in [2.24, 2.45) is 4.40 Å². The molecule has 6 nitrogen and oxygen atoms in total. The van der Waals surface area contributed by atoms with Gasteiger partial charge < -0.3 is 15.3 Å². The molecular formula is C11H12FN3O3S. The number of likely N-dealkylation sites (tertiary alicyclic amines) is 1. The van der Waals surface area contributed by atoms with E-state index in [4.69, 9.17) is 5.11 Å². The van der Waals surface area contributed by atoms with Crippen LogP contribution in [0.5, 0.6) is 0 Å². The molecular weight excluding hydrogens is 273 g/mol. The standard InChI is InChI=1S/C11H12FN3O3S/c12-7-1-2-9-10(5-7)19(17,18)14-11(13-9)15-4-3-8(15)6-16/h1-2,5,8,16H,3-4,6H2,(H,13,14). The molecule has 2 aliphatic heterocycles. The predicted molar refractivity (Wildman–Crippen MR) is 66.8 cm³/mol. The molecule has 19 heavy (non-hydrogen) atoms. The summed E-state index contributed by atoms with van der Waals surface area (Å²) in [5, 5.41) is 12.0. The zero-order chi connectivity index (χ0) is 13.6. The summed E-state index contributed by atoms with van der Waals surface area (Å²) in [6, 6.07) is 3.37. The molecule has 2 aliphatic rings. The van der Waals surface area contributed by atoms with Crippen molar-refractivity contribution in [2.75, 3.05) is 18.5 Å². The molecule has 0 spiro atoms. The lowest BCUT2D eigenvalue weighted by Crippen LogP contribution is -2.55. The SMILES string of the molecule is O=S1(=O)N=C(N2CCC2CO)Nc2ccc(F)cc21. The van der Waals surface area contributed by atoms with Crippen molar-refractivity contribution in [3.63, 3.8) is 0 Å². The number of halogens is 1. The number of guanidine groups is 1. The first-order valence-electron chi connectivity index (χ1n) is 5.80. The molecule has 1 unspecified atom stereocenters. The zero-order valence-corrected chi connectivity index (χ0v) is 10.7. The highest BCUT2D eigenvalue weighted by molar-refractivity contribution is 7.90. The van der Waals surface area contributed by atoms with Gasteiger partial charge in [-0.05, 0) is 24.6 Å². The second-order valence-corrected chi connectivity index (χ2v) is 6.05. The lowest BCUT2D eigenvalue weighted by molar-refractivity contribution is 0.105. The lowest BCUT2D eigenvalue weighted by Gasteiger charge is -2.42. The van der Waals surface area contributed by atoms with E-state index in [1.165, 1.54) is 12.1 Å². The lowest BCUT2D eigenvalue weighted by atomic mass is 10.1. The molecule has 1 fully saturated rings. The highest BCUT2D eigenvalue weighted by atomic mass is 32.2. The fourth-order valence-corrected chi connectivity index (χ4v) is 3.29. The van der Waals surface area contributed by atoms with E-state index in [-0.39, 0.29) is 23.5 Å². The highest BCUT2D eigenvalue weighted by Crippen LogP contribution is 2.30. The molecule has 8 heteroatoms. The van der Waals surface area contributed by atoms with Crippen LogP contribution in [0.15, 0.2) is 27.5 Å². The molecule has 102 valence electrons. The Hall–Kier alpha value is -1.67. The van der Waals surface area contributed by atoms with E-state index in [0.717, 1.165) is 12.5 Å². The van der Waals surface area contributed by atoms with Crippen LogP contribution in [0.1, 0.15) is 6.42 Å². The van der Waals surface area contributed by atoms with E-state index in [1.807, 2.05) is 0 Å².